The van der Waals surface area contributed by atoms with Crippen LogP contribution in [0.1, 0.15) is 5.69 Å². The first kappa shape index (κ1) is 16.5. The number of hydrogen-bond donors (Lipinski definition) is 2. The number of thiazole rings is 1. The third kappa shape index (κ3) is 3.77. The van der Waals surface area contributed by atoms with Gasteiger partial charge in [0.05, 0.1) is 17.6 Å². The number of phenols is 1. The summed E-state index contributed by atoms with van der Waals surface area (Å²) < 4.78 is 6.77. The first-order chi connectivity index (χ1) is 11.5. The van der Waals surface area contributed by atoms with Gasteiger partial charge in [-0.25, -0.2) is 9.97 Å². The molecule has 2 N–H and O–H groups in total. The number of hydrogen-bond acceptors (Lipinski definition) is 7. The van der Waals surface area contributed by atoms with E-state index < -0.39 is 0 Å². The van der Waals surface area contributed by atoms with Crippen LogP contribution in [0.4, 0.5) is 5.69 Å². The summed E-state index contributed by atoms with van der Waals surface area (Å²) in [5, 5.41) is 12.5. The number of benzene rings is 1. The molecular formula is C16H15N3O3S2. The molecule has 0 unspecified atom stereocenters. The van der Waals surface area contributed by atoms with Crippen molar-refractivity contribution in [1.29, 1.82) is 0 Å². The predicted octanol–water partition coefficient (Wildman–Crippen LogP) is 3.44. The second-order valence-corrected chi connectivity index (χ2v) is 7.23. The molecule has 0 aliphatic rings. The molecule has 0 fully saturated rings. The van der Waals surface area contributed by atoms with E-state index in [1.54, 1.807) is 12.1 Å². The Bertz CT molecular complexity index is 895. The van der Waals surface area contributed by atoms with Crippen molar-refractivity contribution in [2.75, 3.05) is 18.2 Å². The van der Waals surface area contributed by atoms with E-state index in [2.05, 4.69) is 15.3 Å². The van der Waals surface area contributed by atoms with E-state index in [0.29, 0.717) is 17.1 Å². The maximum Gasteiger partial charge on any atom is 0.234 e. The van der Waals surface area contributed by atoms with E-state index in [1.807, 2.05) is 19.1 Å². The molecule has 1 amide bonds. The summed E-state index contributed by atoms with van der Waals surface area (Å²) in [5.41, 5.74) is 2.14. The number of rotatable bonds is 5. The summed E-state index contributed by atoms with van der Waals surface area (Å²) in [6.07, 6.45) is 0. The van der Waals surface area contributed by atoms with Crippen LogP contribution in [0.3, 0.4) is 0 Å². The lowest BCUT2D eigenvalue weighted by atomic mass is 10.3. The zero-order valence-corrected chi connectivity index (χ0v) is 14.7. The van der Waals surface area contributed by atoms with E-state index >= 15 is 0 Å². The highest BCUT2D eigenvalue weighted by molar-refractivity contribution is 8.01. The standard InChI is InChI=1S/C16H15N3O3S2/c1-9-3-6-13-15(17-9)19-16(24-13)23-8-14(21)18-10-4-5-12(22-2)11(20)7-10/h3-7,20H,8H2,1-2H3,(H,18,21). The highest BCUT2D eigenvalue weighted by Gasteiger charge is 2.10. The zero-order chi connectivity index (χ0) is 17.1. The number of nitrogens with zero attached hydrogens (tertiary/aromatic N) is 2. The third-order valence-corrected chi connectivity index (χ3v) is 5.32. The fourth-order valence-corrected chi connectivity index (χ4v) is 3.85. The lowest BCUT2D eigenvalue weighted by Gasteiger charge is -2.07. The molecule has 124 valence electrons. The van der Waals surface area contributed by atoms with Crippen LogP contribution in [0.5, 0.6) is 11.5 Å². The molecule has 0 aliphatic heterocycles. The zero-order valence-electron chi connectivity index (χ0n) is 13.1. The summed E-state index contributed by atoms with van der Waals surface area (Å²) in [6, 6.07) is 8.65. The van der Waals surface area contributed by atoms with E-state index in [4.69, 9.17) is 4.74 Å². The number of pyridine rings is 1. The second kappa shape index (κ2) is 7.06. The van der Waals surface area contributed by atoms with Gasteiger partial charge in [0.2, 0.25) is 5.91 Å². The van der Waals surface area contributed by atoms with Crippen molar-refractivity contribution in [2.24, 2.45) is 0 Å². The minimum absolute atomic E-state index is 0.0180. The Morgan fingerprint density at radius 2 is 2.17 bits per heavy atom. The topological polar surface area (TPSA) is 84.3 Å². The summed E-state index contributed by atoms with van der Waals surface area (Å²) in [4.78, 5) is 20.8. The Kier molecular flexibility index (Phi) is 4.86. The molecule has 0 bridgehead atoms. The molecule has 8 heteroatoms. The Morgan fingerprint density at radius 3 is 2.92 bits per heavy atom. The monoisotopic (exact) mass is 361 g/mol. The van der Waals surface area contributed by atoms with Crippen LogP contribution in [-0.4, -0.2) is 33.8 Å². The first-order valence-corrected chi connectivity index (χ1v) is 8.89. The fourth-order valence-electron chi connectivity index (χ4n) is 2.05. The highest BCUT2D eigenvalue weighted by atomic mass is 32.2. The van der Waals surface area contributed by atoms with Crippen molar-refractivity contribution in [3.8, 4) is 11.5 Å². The van der Waals surface area contributed by atoms with Gasteiger partial charge in [-0.05, 0) is 31.2 Å². The summed E-state index contributed by atoms with van der Waals surface area (Å²) in [6.45, 7) is 1.92. The van der Waals surface area contributed by atoms with Crippen molar-refractivity contribution >= 4 is 45.0 Å². The average Bonchev–Trinajstić information content (AvgIpc) is 2.95. The van der Waals surface area contributed by atoms with Gasteiger partial charge in [-0.3, -0.25) is 4.79 Å². The molecule has 0 saturated carbocycles. The van der Waals surface area contributed by atoms with Gasteiger partial charge < -0.3 is 15.2 Å². The van der Waals surface area contributed by atoms with Gasteiger partial charge in [-0.2, -0.15) is 0 Å². The van der Waals surface area contributed by atoms with Gasteiger partial charge in [0.15, 0.2) is 21.5 Å². The van der Waals surface area contributed by atoms with E-state index in [1.165, 1.54) is 36.3 Å². The van der Waals surface area contributed by atoms with Crippen molar-refractivity contribution in [1.82, 2.24) is 9.97 Å². The highest BCUT2D eigenvalue weighted by Crippen LogP contribution is 2.30. The number of aromatic hydroxyl groups is 1. The van der Waals surface area contributed by atoms with Crippen LogP contribution in [0.25, 0.3) is 10.3 Å². The first-order valence-electron chi connectivity index (χ1n) is 7.09. The molecule has 24 heavy (non-hydrogen) atoms. The lowest BCUT2D eigenvalue weighted by molar-refractivity contribution is -0.113. The number of ether oxygens (including phenoxy) is 1. The number of thioether (sulfide) groups is 1. The number of phenolic OH excluding ortho intramolecular Hbond substituents is 1. The summed E-state index contributed by atoms with van der Waals surface area (Å²) in [7, 11) is 1.47. The van der Waals surface area contributed by atoms with Gasteiger partial charge in [0, 0.05) is 17.4 Å². The number of methoxy groups -OCH3 is 1. The Hall–Kier alpha value is -2.32. The maximum absolute atomic E-state index is 12.0. The summed E-state index contributed by atoms with van der Waals surface area (Å²) in [5.74, 6) is 0.397. The van der Waals surface area contributed by atoms with Gasteiger partial charge in [-0.1, -0.05) is 11.8 Å². The van der Waals surface area contributed by atoms with E-state index in [0.717, 1.165) is 14.7 Å². The molecule has 6 nitrogen and oxygen atoms in total. The quantitative estimate of drug-likeness (QED) is 0.677. The number of nitrogens with one attached hydrogen (secondary N) is 1. The molecule has 0 saturated heterocycles. The fraction of sp³-hybridized carbons (Fsp3) is 0.188. The van der Waals surface area contributed by atoms with Crippen LogP contribution >= 0.6 is 23.1 Å². The molecule has 0 spiro atoms. The van der Waals surface area contributed by atoms with Gasteiger partial charge in [-0.15, -0.1) is 11.3 Å². The normalized spacial score (nSPS) is 10.8. The smallest absolute Gasteiger partial charge is 0.234 e. The van der Waals surface area contributed by atoms with Crippen LogP contribution in [0.15, 0.2) is 34.7 Å². The molecule has 0 atom stereocenters. The Morgan fingerprint density at radius 1 is 1.33 bits per heavy atom. The maximum atomic E-state index is 12.0. The Labute approximate surface area is 146 Å². The van der Waals surface area contributed by atoms with Gasteiger partial charge >= 0.3 is 0 Å². The number of carbonyl (C=O) groups excluding carboxylic acids is 1. The predicted molar refractivity (Wildman–Crippen MR) is 96.2 cm³/mol. The van der Waals surface area contributed by atoms with E-state index in [-0.39, 0.29) is 17.4 Å². The number of fused-ring (bicyclic) bond motifs is 1. The van der Waals surface area contributed by atoms with Crippen molar-refractivity contribution < 1.29 is 14.6 Å². The molecule has 2 aromatic heterocycles. The molecule has 2 heterocycles. The molecular weight excluding hydrogens is 346 g/mol. The number of aromatic nitrogens is 2. The lowest BCUT2D eigenvalue weighted by Crippen LogP contribution is -2.13. The number of carbonyl (C=O) groups is 1. The molecule has 1 aromatic carbocycles. The molecule has 0 aliphatic carbocycles. The second-order valence-electron chi connectivity index (χ2n) is 4.98. The SMILES string of the molecule is COc1ccc(NC(=O)CSc2nc3nc(C)ccc3s2)cc1O. The van der Waals surface area contributed by atoms with Crippen LogP contribution in [0.2, 0.25) is 0 Å². The molecule has 3 rings (SSSR count). The molecule has 3 aromatic rings. The number of aryl methyl sites for hydroxylation is 1. The van der Waals surface area contributed by atoms with E-state index in [9.17, 15) is 9.90 Å². The minimum Gasteiger partial charge on any atom is -0.504 e. The minimum atomic E-state index is -0.173. The Balaban J connectivity index is 1.61. The van der Waals surface area contributed by atoms with Crippen LogP contribution in [0, 0.1) is 6.92 Å². The van der Waals surface area contributed by atoms with Gasteiger partial charge in [0.25, 0.3) is 0 Å². The van der Waals surface area contributed by atoms with Crippen LogP contribution in [-0.2, 0) is 4.79 Å². The van der Waals surface area contributed by atoms with Crippen LogP contribution < -0.4 is 10.1 Å². The number of anilines is 1. The average molecular weight is 361 g/mol. The number of amides is 1. The molecule has 0 radical (unpaired) electrons. The largest absolute Gasteiger partial charge is 0.504 e. The van der Waals surface area contributed by atoms with Gasteiger partial charge in [0.1, 0.15) is 0 Å². The van der Waals surface area contributed by atoms with Crippen molar-refractivity contribution in [2.45, 2.75) is 11.3 Å². The third-order valence-electron chi connectivity index (χ3n) is 3.16. The van der Waals surface area contributed by atoms with Crippen molar-refractivity contribution in [3.05, 3.63) is 36.0 Å². The summed E-state index contributed by atoms with van der Waals surface area (Å²) >= 11 is 2.87. The van der Waals surface area contributed by atoms with Crippen molar-refractivity contribution in [3.63, 3.8) is 0 Å².